The number of nitrogens with one attached hydrogen (secondary N) is 1. The van der Waals surface area contributed by atoms with Gasteiger partial charge in [0.25, 0.3) is 5.91 Å². The molecule has 8 nitrogen and oxygen atoms in total. The number of benzene rings is 1. The van der Waals surface area contributed by atoms with Crippen molar-refractivity contribution in [1.29, 1.82) is 0 Å². The van der Waals surface area contributed by atoms with E-state index < -0.39 is 24.5 Å². The summed E-state index contributed by atoms with van der Waals surface area (Å²) in [6.07, 6.45) is 6.56. The standard InChI is InChI=1S/C17H15ClN2O6/c1-4-5-26-15-11(18)6-10(8-13(15)24-2)7-12-16(22)20(17(23)19-12)9-14(21)25-3/h1,6-8H,5,9H2,2-3H3,(H,19,23)/b12-7+. The minimum Gasteiger partial charge on any atom is -0.493 e. The summed E-state index contributed by atoms with van der Waals surface area (Å²) >= 11 is 6.17. The molecule has 1 saturated heterocycles. The van der Waals surface area contributed by atoms with Crippen LogP contribution in [0.4, 0.5) is 4.79 Å². The molecule has 1 N–H and O–H groups in total. The number of methoxy groups -OCH3 is 2. The summed E-state index contributed by atoms with van der Waals surface area (Å²) in [5, 5.41) is 2.60. The molecule has 0 bridgehead atoms. The van der Waals surface area contributed by atoms with Crippen LogP contribution >= 0.6 is 11.6 Å². The van der Waals surface area contributed by atoms with E-state index in [9.17, 15) is 14.4 Å². The summed E-state index contributed by atoms with van der Waals surface area (Å²) in [6, 6.07) is 2.36. The van der Waals surface area contributed by atoms with Crippen LogP contribution < -0.4 is 14.8 Å². The predicted octanol–water partition coefficient (Wildman–Crippen LogP) is 1.43. The van der Waals surface area contributed by atoms with Crippen molar-refractivity contribution in [2.24, 2.45) is 0 Å². The van der Waals surface area contributed by atoms with Gasteiger partial charge in [0.1, 0.15) is 18.8 Å². The number of hydrogen-bond acceptors (Lipinski definition) is 6. The highest BCUT2D eigenvalue weighted by atomic mass is 35.5. The number of ether oxygens (including phenoxy) is 3. The number of amides is 3. The molecule has 0 aliphatic carbocycles. The molecule has 136 valence electrons. The summed E-state index contributed by atoms with van der Waals surface area (Å²) in [5.41, 5.74) is 0.456. The van der Waals surface area contributed by atoms with Gasteiger partial charge in [-0.25, -0.2) is 9.69 Å². The number of halogens is 1. The number of carbonyl (C=O) groups excluding carboxylic acids is 3. The quantitative estimate of drug-likeness (QED) is 0.348. The molecule has 1 fully saturated rings. The van der Waals surface area contributed by atoms with Crippen molar-refractivity contribution in [3.05, 3.63) is 28.4 Å². The molecule has 0 atom stereocenters. The topological polar surface area (TPSA) is 94.2 Å². The number of imide groups is 1. The lowest BCUT2D eigenvalue weighted by molar-refractivity contribution is -0.143. The Morgan fingerprint density at radius 1 is 1.38 bits per heavy atom. The first kappa shape index (κ1) is 19.1. The van der Waals surface area contributed by atoms with E-state index in [1.54, 1.807) is 6.07 Å². The summed E-state index contributed by atoms with van der Waals surface area (Å²) in [7, 11) is 2.58. The Morgan fingerprint density at radius 3 is 2.73 bits per heavy atom. The lowest BCUT2D eigenvalue weighted by atomic mass is 10.1. The van der Waals surface area contributed by atoms with Gasteiger partial charge in [0.15, 0.2) is 11.5 Å². The average molecular weight is 379 g/mol. The van der Waals surface area contributed by atoms with Crippen molar-refractivity contribution in [3.8, 4) is 23.8 Å². The van der Waals surface area contributed by atoms with Crippen LogP contribution in [0.3, 0.4) is 0 Å². The van der Waals surface area contributed by atoms with E-state index in [0.29, 0.717) is 11.3 Å². The number of esters is 1. The maximum Gasteiger partial charge on any atom is 0.329 e. The predicted molar refractivity (Wildman–Crippen MR) is 92.6 cm³/mol. The summed E-state index contributed by atoms with van der Waals surface area (Å²) in [4.78, 5) is 36.2. The van der Waals surface area contributed by atoms with Crippen LogP contribution in [0.5, 0.6) is 11.5 Å². The van der Waals surface area contributed by atoms with Crippen LogP contribution in [0.15, 0.2) is 17.8 Å². The van der Waals surface area contributed by atoms with E-state index in [4.69, 9.17) is 27.5 Å². The molecule has 0 radical (unpaired) electrons. The average Bonchev–Trinajstić information content (AvgIpc) is 2.87. The number of terminal acetylenes is 1. The van der Waals surface area contributed by atoms with Crippen LogP contribution in [-0.2, 0) is 14.3 Å². The fourth-order valence-electron chi connectivity index (χ4n) is 2.15. The zero-order chi connectivity index (χ0) is 19.3. The van der Waals surface area contributed by atoms with E-state index in [-0.39, 0.29) is 23.1 Å². The Kier molecular flexibility index (Phi) is 6.09. The molecule has 0 unspecified atom stereocenters. The van der Waals surface area contributed by atoms with Crippen molar-refractivity contribution < 1.29 is 28.6 Å². The molecular formula is C17H15ClN2O6. The Morgan fingerprint density at radius 2 is 2.12 bits per heavy atom. The molecule has 9 heteroatoms. The van der Waals surface area contributed by atoms with Gasteiger partial charge in [-0.2, -0.15) is 0 Å². The SMILES string of the molecule is C#CCOc1c(Cl)cc(/C=C2/NC(=O)N(CC(=O)OC)C2=O)cc1OC. The molecule has 0 aromatic heterocycles. The van der Waals surface area contributed by atoms with Crippen molar-refractivity contribution in [2.75, 3.05) is 27.4 Å². The van der Waals surface area contributed by atoms with E-state index in [2.05, 4.69) is 16.0 Å². The van der Waals surface area contributed by atoms with Crippen LogP contribution in [0.2, 0.25) is 5.02 Å². The number of urea groups is 1. The highest BCUT2D eigenvalue weighted by molar-refractivity contribution is 6.32. The number of rotatable bonds is 6. The number of nitrogens with zero attached hydrogens (tertiary/aromatic N) is 1. The second kappa shape index (κ2) is 8.27. The third-order valence-corrected chi connectivity index (χ3v) is 3.62. The van der Waals surface area contributed by atoms with Crippen LogP contribution in [0.25, 0.3) is 6.08 Å². The maximum atomic E-state index is 12.3. The fraction of sp³-hybridized carbons (Fsp3) is 0.235. The van der Waals surface area contributed by atoms with Gasteiger partial charge in [0.2, 0.25) is 0 Å². The Balaban J connectivity index is 2.31. The molecule has 26 heavy (non-hydrogen) atoms. The van der Waals surface area contributed by atoms with Crippen LogP contribution in [-0.4, -0.2) is 50.2 Å². The van der Waals surface area contributed by atoms with E-state index in [1.807, 2.05) is 0 Å². The molecule has 1 heterocycles. The van der Waals surface area contributed by atoms with E-state index in [1.165, 1.54) is 19.3 Å². The van der Waals surface area contributed by atoms with Crippen molar-refractivity contribution in [1.82, 2.24) is 10.2 Å². The smallest absolute Gasteiger partial charge is 0.329 e. The third-order valence-electron chi connectivity index (χ3n) is 3.34. The molecule has 1 aromatic rings. The first-order valence-corrected chi connectivity index (χ1v) is 7.64. The normalized spacial score (nSPS) is 14.8. The number of carbonyl (C=O) groups is 3. The lowest BCUT2D eigenvalue weighted by Gasteiger charge is -2.12. The van der Waals surface area contributed by atoms with Gasteiger partial charge in [-0.1, -0.05) is 17.5 Å². The molecular weight excluding hydrogens is 364 g/mol. The Hall–Kier alpha value is -3.18. The van der Waals surface area contributed by atoms with Gasteiger partial charge in [-0.15, -0.1) is 6.42 Å². The van der Waals surface area contributed by atoms with Gasteiger partial charge >= 0.3 is 12.0 Å². The first-order chi connectivity index (χ1) is 12.4. The lowest BCUT2D eigenvalue weighted by Crippen LogP contribution is -2.36. The molecule has 1 aliphatic heterocycles. The van der Waals surface area contributed by atoms with E-state index >= 15 is 0 Å². The van der Waals surface area contributed by atoms with Crippen molar-refractivity contribution >= 4 is 35.6 Å². The zero-order valence-electron chi connectivity index (χ0n) is 14.0. The highest BCUT2D eigenvalue weighted by Crippen LogP contribution is 2.37. The van der Waals surface area contributed by atoms with Gasteiger partial charge < -0.3 is 19.5 Å². The maximum absolute atomic E-state index is 12.3. The molecule has 1 aromatic carbocycles. The van der Waals surface area contributed by atoms with E-state index in [0.717, 1.165) is 12.0 Å². The molecule has 0 spiro atoms. The second-order valence-corrected chi connectivity index (χ2v) is 5.39. The van der Waals surface area contributed by atoms with Gasteiger partial charge in [-0.3, -0.25) is 9.59 Å². The summed E-state index contributed by atoms with van der Waals surface area (Å²) in [5.74, 6) is 1.52. The molecule has 1 aliphatic rings. The summed E-state index contributed by atoms with van der Waals surface area (Å²) < 4.78 is 15.0. The molecule has 0 saturated carbocycles. The third kappa shape index (κ3) is 4.07. The van der Waals surface area contributed by atoms with Gasteiger partial charge in [0, 0.05) is 0 Å². The first-order valence-electron chi connectivity index (χ1n) is 7.26. The van der Waals surface area contributed by atoms with Crippen molar-refractivity contribution in [2.45, 2.75) is 0 Å². The summed E-state index contributed by atoms with van der Waals surface area (Å²) in [6.45, 7) is -0.477. The van der Waals surface area contributed by atoms with Crippen LogP contribution in [0, 0.1) is 12.3 Å². The minimum absolute atomic E-state index is 0.00749. The van der Waals surface area contributed by atoms with Crippen LogP contribution in [0.1, 0.15) is 5.56 Å². The fourth-order valence-corrected chi connectivity index (χ4v) is 2.43. The second-order valence-electron chi connectivity index (χ2n) is 4.98. The highest BCUT2D eigenvalue weighted by Gasteiger charge is 2.35. The van der Waals surface area contributed by atoms with Gasteiger partial charge in [-0.05, 0) is 23.8 Å². The Bertz CT molecular complexity index is 827. The molecule has 2 rings (SSSR count). The zero-order valence-corrected chi connectivity index (χ0v) is 14.8. The van der Waals surface area contributed by atoms with Crippen molar-refractivity contribution in [3.63, 3.8) is 0 Å². The largest absolute Gasteiger partial charge is 0.493 e. The Labute approximate surface area is 154 Å². The minimum atomic E-state index is -0.723. The monoisotopic (exact) mass is 378 g/mol. The van der Waals surface area contributed by atoms with Gasteiger partial charge in [0.05, 0.1) is 19.2 Å². The molecule has 3 amide bonds. The number of hydrogen-bond donors (Lipinski definition) is 1.